The third-order valence-electron chi connectivity index (χ3n) is 9.02. The molecular formula is C27H34FN5O4S. The van der Waals surface area contributed by atoms with E-state index in [1.165, 1.54) is 12.1 Å². The van der Waals surface area contributed by atoms with Crippen LogP contribution in [0, 0.1) is 23.6 Å². The van der Waals surface area contributed by atoms with E-state index in [0.717, 1.165) is 38.2 Å². The Morgan fingerprint density at radius 1 is 1.16 bits per heavy atom. The molecule has 38 heavy (non-hydrogen) atoms. The molecule has 11 heteroatoms. The van der Waals surface area contributed by atoms with Crippen LogP contribution in [0.4, 0.5) is 15.9 Å². The number of nitrogens with two attached hydrogens (primary N) is 1. The Labute approximate surface area is 222 Å². The molecular weight excluding hydrogens is 509 g/mol. The average Bonchev–Trinajstić information content (AvgIpc) is 2.84. The lowest BCUT2D eigenvalue weighted by Gasteiger charge is -2.58. The number of benzene rings is 1. The van der Waals surface area contributed by atoms with Crippen molar-refractivity contribution in [3.05, 3.63) is 47.9 Å². The van der Waals surface area contributed by atoms with Gasteiger partial charge in [0.15, 0.2) is 0 Å². The Balaban J connectivity index is 1.13. The summed E-state index contributed by atoms with van der Waals surface area (Å²) in [7, 11) is -3.98. The van der Waals surface area contributed by atoms with E-state index in [2.05, 4.69) is 15.2 Å². The van der Waals surface area contributed by atoms with Crippen LogP contribution in [-0.4, -0.2) is 61.7 Å². The van der Waals surface area contributed by atoms with Crippen LogP contribution in [0.25, 0.3) is 0 Å². The summed E-state index contributed by atoms with van der Waals surface area (Å²) in [5.74, 6) is 1.10. The Morgan fingerprint density at radius 3 is 2.53 bits per heavy atom. The van der Waals surface area contributed by atoms with Crippen molar-refractivity contribution < 1.29 is 22.7 Å². The van der Waals surface area contributed by atoms with Gasteiger partial charge in [-0.2, -0.15) is 0 Å². The van der Waals surface area contributed by atoms with E-state index in [1.807, 2.05) is 24.0 Å². The van der Waals surface area contributed by atoms with Crippen molar-refractivity contribution in [2.45, 2.75) is 61.6 Å². The van der Waals surface area contributed by atoms with Gasteiger partial charge in [-0.05, 0) is 87.1 Å². The van der Waals surface area contributed by atoms with Crippen molar-refractivity contribution >= 4 is 27.4 Å². The molecule has 1 saturated heterocycles. The topological polar surface area (TPSA) is 129 Å². The lowest BCUT2D eigenvalue weighted by atomic mass is 9.52. The molecule has 4 aliphatic carbocycles. The first-order valence-corrected chi connectivity index (χ1v) is 14.9. The fraction of sp³-hybridized carbons (Fsp3) is 0.556. The van der Waals surface area contributed by atoms with Crippen LogP contribution in [0.2, 0.25) is 0 Å². The molecule has 1 aromatic carbocycles. The number of carbonyl (C=O) groups excluding carboxylic acids is 1. The minimum atomic E-state index is -3.98. The molecule has 2 aromatic rings. The number of piperazine rings is 1. The number of halogens is 1. The standard InChI is InChI=1S/C27H34FN5O4S/c1-16-15-32(23-6-5-20(11-21(23)28)38(29,36)37)7-8-33(16)24-4-2-3-22(30-24)26(34)31-25-18-9-17-10-19(25)14-27(35,12-17)13-18/h2-6,11,16-19,25,35H,7-10,12-15H2,1H3,(H,31,34)(H2,29,36,37)/t16-,17?,18?,19?,25?,27?/m1/s1. The van der Waals surface area contributed by atoms with E-state index >= 15 is 0 Å². The van der Waals surface area contributed by atoms with Gasteiger partial charge in [0.25, 0.3) is 5.91 Å². The van der Waals surface area contributed by atoms with Gasteiger partial charge >= 0.3 is 0 Å². The maximum absolute atomic E-state index is 14.7. The summed E-state index contributed by atoms with van der Waals surface area (Å²) in [4.78, 5) is 21.7. The Kier molecular flexibility index (Phi) is 6.16. The van der Waals surface area contributed by atoms with E-state index in [0.29, 0.717) is 54.6 Å². The van der Waals surface area contributed by atoms with E-state index < -0.39 is 21.4 Å². The number of primary sulfonamides is 1. The number of nitrogens with zero attached hydrogens (tertiary/aromatic N) is 3. The zero-order valence-electron chi connectivity index (χ0n) is 21.4. The fourth-order valence-corrected chi connectivity index (χ4v) is 8.12. The second-order valence-corrected chi connectivity index (χ2v) is 13.3. The van der Waals surface area contributed by atoms with E-state index in [9.17, 15) is 22.7 Å². The molecule has 0 radical (unpaired) electrons. The van der Waals surface area contributed by atoms with Crippen LogP contribution in [-0.2, 0) is 10.0 Å². The Morgan fingerprint density at radius 2 is 1.89 bits per heavy atom. The van der Waals surface area contributed by atoms with Gasteiger partial charge in [0, 0.05) is 31.7 Å². The van der Waals surface area contributed by atoms with Crippen LogP contribution in [0.15, 0.2) is 41.3 Å². The van der Waals surface area contributed by atoms with Gasteiger partial charge in [0.2, 0.25) is 10.0 Å². The normalized spacial score (nSPS) is 32.5. The summed E-state index contributed by atoms with van der Waals surface area (Å²) in [5, 5.41) is 19.2. The van der Waals surface area contributed by atoms with Crippen molar-refractivity contribution in [2.75, 3.05) is 29.4 Å². The summed E-state index contributed by atoms with van der Waals surface area (Å²) >= 11 is 0. The van der Waals surface area contributed by atoms with Crippen LogP contribution in [0.3, 0.4) is 0 Å². The van der Waals surface area contributed by atoms with Gasteiger partial charge in [-0.3, -0.25) is 4.79 Å². The lowest BCUT2D eigenvalue weighted by Crippen LogP contribution is -2.61. The van der Waals surface area contributed by atoms with Gasteiger partial charge in [-0.25, -0.2) is 22.9 Å². The number of sulfonamides is 1. The molecule has 1 aliphatic heterocycles. The molecule has 0 spiro atoms. The highest BCUT2D eigenvalue weighted by molar-refractivity contribution is 7.89. The number of rotatable bonds is 5. The number of nitrogens with one attached hydrogen (secondary N) is 1. The smallest absolute Gasteiger partial charge is 0.270 e. The van der Waals surface area contributed by atoms with Gasteiger partial charge < -0.3 is 20.2 Å². The zero-order chi connectivity index (χ0) is 26.8. The third kappa shape index (κ3) is 4.65. The highest BCUT2D eigenvalue weighted by Crippen LogP contribution is 2.55. The number of carbonyl (C=O) groups is 1. The maximum atomic E-state index is 14.7. The van der Waals surface area contributed by atoms with Crippen LogP contribution in [0.5, 0.6) is 0 Å². The predicted molar refractivity (Wildman–Crippen MR) is 141 cm³/mol. The number of hydrogen-bond acceptors (Lipinski definition) is 7. The number of hydrogen-bond donors (Lipinski definition) is 3. The molecule has 2 unspecified atom stereocenters. The largest absolute Gasteiger partial charge is 0.390 e. The van der Waals surface area contributed by atoms with Gasteiger partial charge in [0.1, 0.15) is 17.3 Å². The second-order valence-electron chi connectivity index (χ2n) is 11.7. The minimum Gasteiger partial charge on any atom is -0.390 e. The quantitative estimate of drug-likeness (QED) is 0.528. The van der Waals surface area contributed by atoms with E-state index in [4.69, 9.17) is 5.14 Å². The average molecular weight is 544 g/mol. The van der Waals surface area contributed by atoms with Gasteiger partial charge in [-0.1, -0.05) is 6.07 Å². The molecule has 204 valence electrons. The van der Waals surface area contributed by atoms with Gasteiger partial charge in [-0.15, -0.1) is 0 Å². The number of aliphatic hydroxyl groups is 1. The first kappa shape index (κ1) is 25.5. The summed E-state index contributed by atoms with van der Waals surface area (Å²) in [5.41, 5.74) is 0.154. The van der Waals surface area contributed by atoms with Crippen molar-refractivity contribution in [3.8, 4) is 0 Å². The van der Waals surface area contributed by atoms with Crippen LogP contribution < -0.4 is 20.3 Å². The summed E-state index contributed by atoms with van der Waals surface area (Å²) < 4.78 is 37.8. The molecule has 1 amide bonds. The molecule has 9 nitrogen and oxygen atoms in total. The third-order valence-corrected chi connectivity index (χ3v) is 9.93. The monoisotopic (exact) mass is 543 g/mol. The Bertz CT molecular complexity index is 1350. The molecule has 4 bridgehead atoms. The fourth-order valence-electron chi connectivity index (χ4n) is 7.59. The molecule has 5 aliphatic rings. The van der Waals surface area contributed by atoms with Crippen LogP contribution in [0.1, 0.15) is 49.5 Å². The van der Waals surface area contributed by atoms with Crippen LogP contribution >= 0.6 is 0 Å². The molecule has 1 aromatic heterocycles. The summed E-state index contributed by atoms with van der Waals surface area (Å²) in [6.07, 6.45) is 4.59. The molecule has 2 heterocycles. The zero-order valence-corrected chi connectivity index (χ0v) is 22.2. The first-order chi connectivity index (χ1) is 18.0. The number of amides is 1. The van der Waals surface area contributed by atoms with Crippen molar-refractivity contribution in [1.29, 1.82) is 0 Å². The van der Waals surface area contributed by atoms with Crippen molar-refractivity contribution in [1.82, 2.24) is 10.3 Å². The van der Waals surface area contributed by atoms with Crippen molar-refractivity contribution in [2.24, 2.45) is 22.9 Å². The highest BCUT2D eigenvalue weighted by Gasteiger charge is 2.55. The molecule has 4 saturated carbocycles. The van der Waals surface area contributed by atoms with Crippen molar-refractivity contribution in [3.63, 3.8) is 0 Å². The maximum Gasteiger partial charge on any atom is 0.270 e. The molecule has 5 fully saturated rings. The summed E-state index contributed by atoms with van der Waals surface area (Å²) in [6.45, 7) is 3.57. The van der Waals surface area contributed by atoms with E-state index in [-0.39, 0.29) is 22.9 Å². The molecule has 3 atom stereocenters. The highest BCUT2D eigenvalue weighted by atomic mass is 32.2. The minimum absolute atomic E-state index is 0.0305. The molecule has 4 N–H and O–H groups in total. The summed E-state index contributed by atoms with van der Waals surface area (Å²) in [6, 6.07) is 9.22. The molecule has 7 rings (SSSR count). The first-order valence-electron chi connectivity index (χ1n) is 13.3. The number of anilines is 2. The number of pyridine rings is 1. The SMILES string of the molecule is C[C@@H]1CN(c2ccc(S(N)(=O)=O)cc2F)CCN1c1cccc(C(=O)NC2C3CC4CC2CC(O)(C4)C3)n1. The second kappa shape index (κ2) is 9.17. The lowest BCUT2D eigenvalue weighted by molar-refractivity contribution is -0.136. The van der Waals surface area contributed by atoms with Gasteiger partial charge in [0.05, 0.1) is 16.2 Å². The Hall–Kier alpha value is -2.76. The predicted octanol–water partition coefficient (Wildman–Crippen LogP) is 2.25. The van der Waals surface area contributed by atoms with E-state index in [1.54, 1.807) is 6.07 Å². The number of aromatic nitrogens is 1.